The van der Waals surface area contributed by atoms with Crippen LogP contribution >= 0.6 is 0 Å². The van der Waals surface area contributed by atoms with Crippen molar-refractivity contribution in [2.45, 2.75) is 26.2 Å². The molecule has 2 N–H and O–H groups in total. The third-order valence-corrected chi connectivity index (χ3v) is 3.52. The summed E-state index contributed by atoms with van der Waals surface area (Å²) in [6.07, 6.45) is 1.91. The summed E-state index contributed by atoms with van der Waals surface area (Å²) in [6, 6.07) is 13.0. The predicted octanol–water partition coefficient (Wildman–Crippen LogP) is 3.54. The normalized spacial score (nSPS) is 10.2. The first-order valence-electron chi connectivity index (χ1n) is 8.01. The van der Waals surface area contributed by atoms with Gasteiger partial charge in [-0.05, 0) is 54.8 Å². The van der Waals surface area contributed by atoms with Gasteiger partial charge in [0.25, 0.3) is 5.91 Å². The monoisotopic (exact) mass is 328 g/mol. The predicted molar refractivity (Wildman–Crippen MR) is 92.4 cm³/mol. The Bertz CT molecular complexity index is 682. The molecule has 0 saturated carbocycles. The van der Waals surface area contributed by atoms with Crippen LogP contribution in [0.15, 0.2) is 48.5 Å². The Kier molecular flexibility index (Phi) is 6.49. The van der Waals surface area contributed by atoms with E-state index in [1.165, 1.54) is 12.1 Å². The second-order valence-electron chi connectivity index (χ2n) is 5.51. The van der Waals surface area contributed by atoms with E-state index in [9.17, 15) is 14.0 Å². The van der Waals surface area contributed by atoms with Crippen LogP contribution in [-0.4, -0.2) is 18.4 Å². The van der Waals surface area contributed by atoms with Crippen molar-refractivity contribution in [3.05, 3.63) is 65.5 Å². The van der Waals surface area contributed by atoms with Crippen molar-refractivity contribution < 1.29 is 14.0 Å². The lowest BCUT2D eigenvalue weighted by molar-refractivity contribution is -0.116. The first-order valence-corrected chi connectivity index (χ1v) is 8.01. The van der Waals surface area contributed by atoms with Crippen LogP contribution in [0.25, 0.3) is 0 Å². The van der Waals surface area contributed by atoms with Gasteiger partial charge in [-0.15, -0.1) is 0 Å². The molecule has 0 heterocycles. The van der Waals surface area contributed by atoms with E-state index in [0.717, 1.165) is 12.0 Å². The van der Waals surface area contributed by atoms with Gasteiger partial charge in [-0.1, -0.05) is 19.1 Å². The zero-order valence-electron chi connectivity index (χ0n) is 13.6. The van der Waals surface area contributed by atoms with Crippen molar-refractivity contribution in [2.75, 3.05) is 11.9 Å². The number of carbonyl (C=O) groups excluding carboxylic acids is 2. The molecule has 0 aliphatic heterocycles. The Labute approximate surface area is 141 Å². The van der Waals surface area contributed by atoms with Crippen LogP contribution in [-0.2, 0) is 11.2 Å². The fourth-order valence-electron chi connectivity index (χ4n) is 2.23. The molecule has 2 amide bonds. The minimum Gasteiger partial charge on any atom is -0.352 e. The van der Waals surface area contributed by atoms with Gasteiger partial charge in [0.15, 0.2) is 0 Å². The third-order valence-electron chi connectivity index (χ3n) is 3.52. The standard InChI is InChI=1S/C19H21FN2O2/c1-2-3-18(23)22-17-10-6-15(7-11-17)19(24)21-13-12-14-4-8-16(20)9-5-14/h4-11H,2-3,12-13H2,1H3,(H,21,24)(H,22,23). The molecule has 0 bridgehead atoms. The highest BCUT2D eigenvalue weighted by molar-refractivity contribution is 5.95. The summed E-state index contributed by atoms with van der Waals surface area (Å²) in [4.78, 5) is 23.6. The van der Waals surface area contributed by atoms with E-state index >= 15 is 0 Å². The lowest BCUT2D eigenvalue weighted by Gasteiger charge is -2.07. The SMILES string of the molecule is CCCC(=O)Nc1ccc(C(=O)NCCc2ccc(F)cc2)cc1. The van der Waals surface area contributed by atoms with Crippen LogP contribution in [0.1, 0.15) is 35.7 Å². The van der Waals surface area contributed by atoms with Gasteiger partial charge >= 0.3 is 0 Å². The highest BCUT2D eigenvalue weighted by Crippen LogP contribution is 2.10. The Morgan fingerprint density at radius 3 is 2.29 bits per heavy atom. The van der Waals surface area contributed by atoms with Gasteiger partial charge in [0, 0.05) is 24.2 Å². The topological polar surface area (TPSA) is 58.2 Å². The largest absolute Gasteiger partial charge is 0.352 e. The average molecular weight is 328 g/mol. The Hall–Kier alpha value is -2.69. The van der Waals surface area contributed by atoms with Crippen molar-refractivity contribution >= 4 is 17.5 Å². The molecular formula is C19H21FN2O2. The fraction of sp³-hybridized carbons (Fsp3) is 0.263. The van der Waals surface area contributed by atoms with Gasteiger partial charge in [0.2, 0.25) is 5.91 Å². The molecule has 24 heavy (non-hydrogen) atoms. The van der Waals surface area contributed by atoms with Gasteiger partial charge in [0.1, 0.15) is 5.82 Å². The number of anilines is 1. The number of halogens is 1. The zero-order chi connectivity index (χ0) is 17.4. The second kappa shape index (κ2) is 8.82. The average Bonchev–Trinajstić information content (AvgIpc) is 2.57. The van der Waals surface area contributed by atoms with Crippen molar-refractivity contribution in [1.29, 1.82) is 0 Å². The van der Waals surface area contributed by atoms with E-state index in [-0.39, 0.29) is 17.6 Å². The molecule has 0 aliphatic rings. The summed E-state index contributed by atoms with van der Waals surface area (Å²) in [5.74, 6) is -0.480. The summed E-state index contributed by atoms with van der Waals surface area (Å²) in [5, 5.41) is 5.60. The van der Waals surface area contributed by atoms with Crippen molar-refractivity contribution in [2.24, 2.45) is 0 Å². The van der Waals surface area contributed by atoms with E-state index in [1.54, 1.807) is 36.4 Å². The number of rotatable bonds is 7. The summed E-state index contributed by atoms with van der Waals surface area (Å²) >= 11 is 0. The molecule has 0 fully saturated rings. The highest BCUT2D eigenvalue weighted by Gasteiger charge is 2.06. The third kappa shape index (κ3) is 5.50. The molecule has 2 aromatic carbocycles. The number of amides is 2. The number of hydrogen-bond acceptors (Lipinski definition) is 2. The highest BCUT2D eigenvalue weighted by atomic mass is 19.1. The molecule has 5 heteroatoms. The molecule has 0 aliphatic carbocycles. The molecule has 0 saturated heterocycles. The van der Waals surface area contributed by atoms with Crippen LogP contribution in [0, 0.1) is 5.82 Å². The Morgan fingerprint density at radius 1 is 1.00 bits per heavy atom. The second-order valence-corrected chi connectivity index (χ2v) is 5.51. The van der Waals surface area contributed by atoms with E-state index in [2.05, 4.69) is 10.6 Å². The molecular weight excluding hydrogens is 307 g/mol. The van der Waals surface area contributed by atoms with Crippen LogP contribution in [0.5, 0.6) is 0 Å². The van der Waals surface area contributed by atoms with Crippen molar-refractivity contribution in [3.63, 3.8) is 0 Å². The molecule has 0 unspecified atom stereocenters. The summed E-state index contributed by atoms with van der Waals surface area (Å²) in [7, 11) is 0. The molecule has 0 radical (unpaired) electrons. The zero-order valence-corrected chi connectivity index (χ0v) is 13.6. The van der Waals surface area contributed by atoms with Crippen molar-refractivity contribution in [3.8, 4) is 0 Å². The minimum atomic E-state index is -0.270. The molecule has 2 aromatic rings. The van der Waals surface area contributed by atoms with E-state index in [4.69, 9.17) is 0 Å². The first-order chi connectivity index (χ1) is 11.6. The van der Waals surface area contributed by atoms with Gasteiger partial charge in [-0.25, -0.2) is 4.39 Å². The molecule has 2 rings (SSSR count). The molecule has 0 spiro atoms. The van der Waals surface area contributed by atoms with Gasteiger partial charge in [-0.3, -0.25) is 9.59 Å². The number of benzene rings is 2. The van der Waals surface area contributed by atoms with Crippen LogP contribution in [0.4, 0.5) is 10.1 Å². The summed E-state index contributed by atoms with van der Waals surface area (Å²) in [6.45, 7) is 2.42. The molecule has 4 nitrogen and oxygen atoms in total. The summed E-state index contributed by atoms with van der Waals surface area (Å²) < 4.78 is 12.8. The van der Waals surface area contributed by atoms with Crippen LogP contribution < -0.4 is 10.6 Å². The first kappa shape index (κ1) is 17.7. The van der Waals surface area contributed by atoms with Crippen LogP contribution in [0.3, 0.4) is 0 Å². The van der Waals surface area contributed by atoms with E-state index < -0.39 is 0 Å². The lowest BCUT2D eigenvalue weighted by atomic mass is 10.1. The van der Waals surface area contributed by atoms with Gasteiger partial charge in [0.05, 0.1) is 0 Å². The summed E-state index contributed by atoms with van der Waals surface area (Å²) in [5.41, 5.74) is 2.17. The maximum atomic E-state index is 12.8. The van der Waals surface area contributed by atoms with Gasteiger partial charge in [-0.2, -0.15) is 0 Å². The maximum Gasteiger partial charge on any atom is 0.251 e. The van der Waals surface area contributed by atoms with E-state index in [0.29, 0.717) is 30.6 Å². The number of carbonyl (C=O) groups is 2. The Balaban J connectivity index is 1.81. The number of hydrogen-bond donors (Lipinski definition) is 2. The smallest absolute Gasteiger partial charge is 0.251 e. The maximum absolute atomic E-state index is 12.8. The molecule has 0 atom stereocenters. The van der Waals surface area contributed by atoms with Crippen LogP contribution in [0.2, 0.25) is 0 Å². The van der Waals surface area contributed by atoms with Gasteiger partial charge < -0.3 is 10.6 Å². The molecule has 126 valence electrons. The molecule has 0 aromatic heterocycles. The minimum absolute atomic E-state index is 0.0333. The Morgan fingerprint density at radius 2 is 1.67 bits per heavy atom. The quantitative estimate of drug-likeness (QED) is 0.817. The van der Waals surface area contributed by atoms with Crippen molar-refractivity contribution in [1.82, 2.24) is 5.32 Å². The number of nitrogens with one attached hydrogen (secondary N) is 2. The van der Waals surface area contributed by atoms with E-state index in [1.807, 2.05) is 6.92 Å². The lowest BCUT2D eigenvalue weighted by Crippen LogP contribution is -2.25. The fourth-order valence-corrected chi connectivity index (χ4v) is 2.23.